The number of nitrogens with zero attached hydrogens (tertiary/aromatic N) is 1. The van der Waals surface area contributed by atoms with Crippen molar-refractivity contribution in [2.75, 3.05) is 6.61 Å². The van der Waals surface area contributed by atoms with Gasteiger partial charge in [0.2, 0.25) is 5.91 Å². The Labute approximate surface area is 157 Å². The summed E-state index contributed by atoms with van der Waals surface area (Å²) in [7, 11) is 0. The van der Waals surface area contributed by atoms with Gasteiger partial charge in [-0.1, -0.05) is 49.0 Å². The van der Waals surface area contributed by atoms with Gasteiger partial charge in [-0.05, 0) is 31.0 Å². The van der Waals surface area contributed by atoms with Crippen LogP contribution in [0.3, 0.4) is 0 Å². The number of amides is 1. The minimum Gasteiger partial charge on any atom is -0.494 e. The third-order valence-corrected chi connectivity index (χ3v) is 5.22. The van der Waals surface area contributed by atoms with E-state index in [0.29, 0.717) is 13.2 Å². The number of carbonyl (C=O) groups excluding carboxylic acids is 1. The number of rotatable bonds is 8. The fourth-order valence-corrected chi connectivity index (χ4v) is 3.58. The van der Waals surface area contributed by atoms with Crippen LogP contribution in [-0.4, -0.2) is 27.7 Å². The lowest BCUT2D eigenvalue weighted by Gasteiger charge is -2.13. The van der Waals surface area contributed by atoms with Crippen LogP contribution in [0.4, 0.5) is 0 Å². The van der Waals surface area contributed by atoms with Crippen LogP contribution in [0, 0.1) is 0 Å². The van der Waals surface area contributed by atoms with Gasteiger partial charge in [-0.25, -0.2) is 4.98 Å². The molecule has 6 heteroatoms. The summed E-state index contributed by atoms with van der Waals surface area (Å²) in [6, 6.07) is 15.7. The van der Waals surface area contributed by atoms with Crippen LogP contribution in [0.15, 0.2) is 53.7 Å². The van der Waals surface area contributed by atoms with Crippen LogP contribution in [0.5, 0.6) is 5.75 Å². The summed E-state index contributed by atoms with van der Waals surface area (Å²) >= 11 is 1.46. The van der Waals surface area contributed by atoms with E-state index in [1.54, 1.807) is 0 Å². The highest BCUT2D eigenvalue weighted by atomic mass is 32.2. The molecule has 0 saturated heterocycles. The highest BCUT2D eigenvalue weighted by Gasteiger charge is 2.19. The molecule has 5 nitrogen and oxygen atoms in total. The van der Waals surface area contributed by atoms with Gasteiger partial charge in [0.25, 0.3) is 0 Å². The van der Waals surface area contributed by atoms with E-state index in [9.17, 15) is 4.79 Å². The number of benzene rings is 2. The number of hydrogen-bond acceptors (Lipinski definition) is 4. The van der Waals surface area contributed by atoms with Gasteiger partial charge in [0.1, 0.15) is 5.75 Å². The Morgan fingerprint density at radius 3 is 2.77 bits per heavy atom. The van der Waals surface area contributed by atoms with Crippen molar-refractivity contribution in [3.05, 3.63) is 54.1 Å². The Morgan fingerprint density at radius 2 is 2.04 bits per heavy atom. The van der Waals surface area contributed by atoms with E-state index in [1.165, 1.54) is 11.8 Å². The molecule has 1 aromatic heterocycles. The largest absolute Gasteiger partial charge is 0.494 e. The molecule has 3 aromatic rings. The average Bonchev–Trinajstić information content (AvgIpc) is 3.07. The number of fused-ring (bicyclic) bond motifs is 1. The van der Waals surface area contributed by atoms with Gasteiger partial charge < -0.3 is 15.0 Å². The predicted octanol–water partition coefficient (Wildman–Crippen LogP) is 4.15. The van der Waals surface area contributed by atoms with Gasteiger partial charge in [0.05, 0.1) is 22.9 Å². The van der Waals surface area contributed by atoms with E-state index < -0.39 is 0 Å². The summed E-state index contributed by atoms with van der Waals surface area (Å²) in [5.41, 5.74) is 2.88. The van der Waals surface area contributed by atoms with Gasteiger partial charge in [-0.15, -0.1) is 0 Å². The van der Waals surface area contributed by atoms with E-state index >= 15 is 0 Å². The molecule has 0 aliphatic carbocycles. The lowest BCUT2D eigenvalue weighted by molar-refractivity contribution is -0.120. The number of thioether (sulfide) groups is 1. The molecule has 1 atom stereocenters. The van der Waals surface area contributed by atoms with Crippen molar-refractivity contribution in [3.63, 3.8) is 0 Å². The van der Waals surface area contributed by atoms with Crippen molar-refractivity contribution in [1.29, 1.82) is 0 Å². The van der Waals surface area contributed by atoms with Crippen LogP contribution in [0.25, 0.3) is 11.0 Å². The lowest BCUT2D eigenvalue weighted by atomic mass is 10.2. The standard InChI is InChI=1S/C20H23N3O2S/c1-3-18(19(24)21-13-14-8-6-5-7-9-14)26-20-22-16-11-10-15(25-4-2)12-17(16)23-20/h5-12,18H,3-4,13H2,1-2H3,(H,21,24)(H,22,23). The molecule has 0 radical (unpaired) electrons. The topological polar surface area (TPSA) is 67.0 Å². The zero-order valence-corrected chi connectivity index (χ0v) is 15.8. The van der Waals surface area contributed by atoms with Crippen LogP contribution < -0.4 is 10.1 Å². The Hall–Kier alpha value is -2.47. The Bertz CT molecular complexity index is 864. The van der Waals surface area contributed by atoms with E-state index in [-0.39, 0.29) is 11.2 Å². The van der Waals surface area contributed by atoms with E-state index in [1.807, 2.05) is 62.4 Å². The third-order valence-electron chi connectivity index (χ3n) is 3.97. The van der Waals surface area contributed by atoms with Crippen LogP contribution in [0.1, 0.15) is 25.8 Å². The number of H-pyrrole nitrogens is 1. The minimum absolute atomic E-state index is 0.0248. The molecule has 1 amide bonds. The molecule has 3 rings (SSSR count). The summed E-state index contributed by atoms with van der Waals surface area (Å²) in [6.07, 6.45) is 0.729. The average molecular weight is 369 g/mol. The van der Waals surface area contributed by atoms with Gasteiger partial charge in [0, 0.05) is 12.6 Å². The van der Waals surface area contributed by atoms with Gasteiger partial charge in [0.15, 0.2) is 5.16 Å². The maximum Gasteiger partial charge on any atom is 0.233 e. The molecule has 0 bridgehead atoms. The molecule has 26 heavy (non-hydrogen) atoms. The highest BCUT2D eigenvalue weighted by Crippen LogP contribution is 2.27. The molecule has 1 unspecified atom stereocenters. The van der Waals surface area contributed by atoms with Crippen molar-refractivity contribution in [1.82, 2.24) is 15.3 Å². The molecule has 2 N–H and O–H groups in total. The second-order valence-corrected chi connectivity index (χ2v) is 7.06. The number of aromatic amines is 1. The minimum atomic E-state index is -0.189. The van der Waals surface area contributed by atoms with Crippen molar-refractivity contribution in [2.45, 2.75) is 37.2 Å². The first-order chi connectivity index (χ1) is 12.7. The fraction of sp³-hybridized carbons (Fsp3) is 0.300. The molecule has 0 spiro atoms. The normalized spacial score (nSPS) is 12.1. The number of aromatic nitrogens is 2. The zero-order valence-electron chi connectivity index (χ0n) is 15.0. The molecule has 0 fully saturated rings. The molecule has 0 saturated carbocycles. The van der Waals surface area contributed by atoms with E-state index in [0.717, 1.165) is 33.9 Å². The first-order valence-corrected chi connectivity index (χ1v) is 9.68. The van der Waals surface area contributed by atoms with Crippen LogP contribution >= 0.6 is 11.8 Å². The maximum absolute atomic E-state index is 12.5. The van der Waals surface area contributed by atoms with Crippen LogP contribution in [-0.2, 0) is 11.3 Å². The van der Waals surface area contributed by atoms with Crippen molar-refractivity contribution >= 4 is 28.7 Å². The van der Waals surface area contributed by atoms with E-state index in [4.69, 9.17) is 4.74 Å². The number of nitrogens with one attached hydrogen (secondary N) is 2. The van der Waals surface area contributed by atoms with Gasteiger partial charge in [-0.3, -0.25) is 4.79 Å². The lowest BCUT2D eigenvalue weighted by Crippen LogP contribution is -2.31. The quantitative estimate of drug-likeness (QED) is 0.586. The van der Waals surface area contributed by atoms with Gasteiger partial charge >= 0.3 is 0 Å². The van der Waals surface area contributed by atoms with Gasteiger partial charge in [-0.2, -0.15) is 0 Å². The maximum atomic E-state index is 12.5. The third kappa shape index (κ3) is 4.58. The molecule has 0 aliphatic rings. The van der Waals surface area contributed by atoms with Crippen molar-refractivity contribution in [3.8, 4) is 5.75 Å². The second-order valence-electron chi connectivity index (χ2n) is 5.87. The predicted molar refractivity (Wildman–Crippen MR) is 105 cm³/mol. The zero-order chi connectivity index (χ0) is 18.4. The molecule has 0 aliphatic heterocycles. The molecular weight excluding hydrogens is 346 g/mol. The SMILES string of the molecule is CCOc1ccc2nc(SC(CC)C(=O)NCc3ccccc3)[nH]c2c1. The smallest absolute Gasteiger partial charge is 0.233 e. The summed E-state index contributed by atoms with van der Waals surface area (Å²) < 4.78 is 5.52. The summed E-state index contributed by atoms with van der Waals surface area (Å²) in [6.45, 7) is 5.13. The second kappa shape index (κ2) is 8.76. The Morgan fingerprint density at radius 1 is 1.23 bits per heavy atom. The Kier molecular flexibility index (Phi) is 6.17. The number of imidazole rings is 1. The Balaban J connectivity index is 1.65. The molecule has 136 valence electrons. The first-order valence-electron chi connectivity index (χ1n) is 8.80. The van der Waals surface area contributed by atoms with Crippen LogP contribution in [0.2, 0.25) is 0 Å². The molecular formula is C20H23N3O2S. The van der Waals surface area contributed by atoms with Crippen molar-refractivity contribution in [2.24, 2.45) is 0 Å². The monoisotopic (exact) mass is 369 g/mol. The summed E-state index contributed by atoms with van der Waals surface area (Å²) in [5, 5.41) is 3.56. The highest BCUT2D eigenvalue weighted by molar-refractivity contribution is 8.00. The number of ether oxygens (including phenoxy) is 1. The summed E-state index contributed by atoms with van der Waals surface area (Å²) in [4.78, 5) is 20.4. The van der Waals surface area contributed by atoms with E-state index in [2.05, 4.69) is 15.3 Å². The van der Waals surface area contributed by atoms with Crippen molar-refractivity contribution < 1.29 is 9.53 Å². The molecule has 2 aromatic carbocycles. The molecule has 1 heterocycles. The summed E-state index contributed by atoms with van der Waals surface area (Å²) in [5.74, 6) is 0.838. The number of carbonyl (C=O) groups is 1. The number of hydrogen-bond donors (Lipinski definition) is 2. The first kappa shape index (κ1) is 18.3. The fourth-order valence-electron chi connectivity index (χ4n) is 2.63.